The second-order valence-electron chi connectivity index (χ2n) is 8.26. The summed E-state index contributed by atoms with van der Waals surface area (Å²) in [5, 5.41) is 0. The maximum Gasteiger partial charge on any atom is 0.240 e. The third-order valence-corrected chi connectivity index (χ3v) is 7.34. The van der Waals surface area contributed by atoms with Gasteiger partial charge in [-0.25, -0.2) is 17.5 Å². The van der Waals surface area contributed by atoms with Crippen molar-refractivity contribution in [3.63, 3.8) is 0 Å². The topological polar surface area (TPSA) is 67.9 Å². The number of benzene rings is 2. The minimum Gasteiger partial charge on any atom is -0.494 e. The summed E-state index contributed by atoms with van der Waals surface area (Å²) >= 11 is 0. The van der Waals surface area contributed by atoms with Crippen molar-refractivity contribution in [3.8, 4) is 11.5 Å². The number of hydrogen-bond donors (Lipinski definition) is 1. The van der Waals surface area contributed by atoms with E-state index in [-0.39, 0.29) is 17.0 Å². The fourth-order valence-corrected chi connectivity index (χ4v) is 5.55. The summed E-state index contributed by atoms with van der Waals surface area (Å²) < 4.78 is 52.8. The molecular formula is C23H29FN2O4S. The van der Waals surface area contributed by atoms with E-state index in [1.807, 2.05) is 6.92 Å². The van der Waals surface area contributed by atoms with Crippen molar-refractivity contribution in [3.05, 3.63) is 53.3 Å². The van der Waals surface area contributed by atoms with Gasteiger partial charge in [-0.15, -0.1) is 0 Å². The molecule has 1 atom stereocenters. The Balaban J connectivity index is 1.37. The van der Waals surface area contributed by atoms with Gasteiger partial charge in [0.05, 0.1) is 11.5 Å². The van der Waals surface area contributed by atoms with Gasteiger partial charge in [0.25, 0.3) is 0 Å². The van der Waals surface area contributed by atoms with E-state index in [2.05, 4.69) is 28.7 Å². The van der Waals surface area contributed by atoms with Gasteiger partial charge < -0.3 is 9.47 Å². The second-order valence-corrected chi connectivity index (χ2v) is 9.97. The van der Waals surface area contributed by atoms with Crippen LogP contribution in [-0.4, -0.2) is 45.2 Å². The third kappa shape index (κ3) is 5.19. The SMILES string of the molecule is CCOc1cc2c(cc1CN1CCC(NS(=O)(=O)c3ccc(F)cc3)CC1)OC(C)C2. The number of piperidine rings is 1. The van der Waals surface area contributed by atoms with E-state index < -0.39 is 15.8 Å². The van der Waals surface area contributed by atoms with E-state index in [1.165, 1.54) is 17.7 Å². The quantitative estimate of drug-likeness (QED) is 0.702. The molecule has 2 aromatic carbocycles. The molecule has 0 bridgehead atoms. The summed E-state index contributed by atoms with van der Waals surface area (Å²) in [4.78, 5) is 2.40. The zero-order valence-corrected chi connectivity index (χ0v) is 18.8. The number of rotatable bonds is 7. The molecule has 6 nitrogen and oxygen atoms in total. The van der Waals surface area contributed by atoms with Crippen LogP contribution in [0.4, 0.5) is 4.39 Å². The molecule has 2 aromatic rings. The molecule has 2 aliphatic rings. The minimum atomic E-state index is -3.65. The van der Waals surface area contributed by atoms with Crippen LogP contribution in [0.2, 0.25) is 0 Å². The van der Waals surface area contributed by atoms with Crippen molar-refractivity contribution in [2.24, 2.45) is 0 Å². The number of likely N-dealkylation sites (tertiary alicyclic amines) is 1. The number of nitrogens with one attached hydrogen (secondary N) is 1. The Morgan fingerprint density at radius 1 is 1.19 bits per heavy atom. The van der Waals surface area contributed by atoms with Crippen LogP contribution in [0.1, 0.15) is 37.8 Å². The molecule has 0 spiro atoms. The van der Waals surface area contributed by atoms with Gasteiger partial charge in [0, 0.05) is 43.2 Å². The van der Waals surface area contributed by atoms with Gasteiger partial charge in [0.15, 0.2) is 0 Å². The molecule has 8 heteroatoms. The van der Waals surface area contributed by atoms with Gasteiger partial charge >= 0.3 is 0 Å². The molecule has 4 rings (SSSR count). The van der Waals surface area contributed by atoms with E-state index in [9.17, 15) is 12.8 Å². The standard InChI is InChI=1S/C23H29FN2O4S/c1-3-29-22-13-17-12-16(2)30-23(17)14-18(22)15-26-10-8-20(9-11-26)25-31(27,28)21-6-4-19(24)5-7-21/h4-7,13-14,16,20,25H,3,8-12,15H2,1-2H3. The molecule has 0 aliphatic carbocycles. The predicted octanol–water partition coefficient (Wildman–Crippen LogP) is 3.49. The number of fused-ring (bicyclic) bond motifs is 1. The number of sulfonamides is 1. The molecule has 1 fully saturated rings. The molecule has 168 valence electrons. The van der Waals surface area contributed by atoms with Crippen LogP contribution in [0.25, 0.3) is 0 Å². The Bertz CT molecular complexity index is 1020. The molecule has 2 heterocycles. The first kappa shape index (κ1) is 22.0. The van der Waals surface area contributed by atoms with Gasteiger partial charge in [0.1, 0.15) is 23.4 Å². The summed E-state index contributed by atoms with van der Waals surface area (Å²) in [5.74, 6) is 1.39. The molecule has 1 N–H and O–H groups in total. The minimum absolute atomic E-state index is 0.0880. The first-order chi connectivity index (χ1) is 14.8. The Labute approximate surface area is 183 Å². The first-order valence-electron chi connectivity index (χ1n) is 10.8. The summed E-state index contributed by atoms with van der Waals surface area (Å²) in [6, 6.07) is 8.95. The third-order valence-electron chi connectivity index (χ3n) is 5.81. The molecular weight excluding hydrogens is 419 g/mol. The van der Waals surface area contributed by atoms with E-state index in [0.717, 1.165) is 55.3 Å². The fourth-order valence-electron chi connectivity index (χ4n) is 4.25. The molecule has 0 saturated carbocycles. The summed E-state index contributed by atoms with van der Waals surface area (Å²) in [6.45, 7) is 6.94. The smallest absolute Gasteiger partial charge is 0.240 e. The van der Waals surface area contributed by atoms with Gasteiger partial charge in [-0.2, -0.15) is 0 Å². The number of halogens is 1. The highest BCUT2D eigenvalue weighted by molar-refractivity contribution is 7.89. The zero-order chi connectivity index (χ0) is 22.0. The number of hydrogen-bond acceptors (Lipinski definition) is 5. The van der Waals surface area contributed by atoms with Gasteiger partial charge in [0.2, 0.25) is 10.0 Å². The Morgan fingerprint density at radius 3 is 2.58 bits per heavy atom. The van der Waals surface area contributed by atoms with Crippen LogP contribution in [0, 0.1) is 5.82 Å². The summed E-state index contributed by atoms with van der Waals surface area (Å²) in [5.41, 5.74) is 2.29. The van der Waals surface area contributed by atoms with Gasteiger partial charge in [-0.3, -0.25) is 4.90 Å². The van der Waals surface area contributed by atoms with Crippen molar-refractivity contribution in [2.45, 2.75) is 56.7 Å². The largest absolute Gasteiger partial charge is 0.494 e. The molecule has 2 aliphatic heterocycles. The van der Waals surface area contributed by atoms with Crippen LogP contribution < -0.4 is 14.2 Å². The van der Waals surface area contributed by atoms with Gasteiger partial charge in [-0.05, 0) is 63.1 Å². The van der Waals surface area contributed by atoms with Crippen molar-refractivity contribution in [2.75, 3.05) is 19.7 Å². The second kappa shape index (κ2) is 9.14. The first-order valence-corrected chi connectivity index (χ1v) is 12.3. The van der Waals surface area contributed by atoms with Crippen molar-refractivity contribution < 1.29 is 22.3 Å². The summed E-state index contributed by atoms with van der Waals surface area (Å²) in [7, 11) is -3.65. The van der Waals surface area contributed by atoms with E-state index in [4.69, 9.17) is 9.47 Å². The van der Waals surface area contributed by atoms with Gasteiger partial charge in [-0.1, -0.05) is 0 Å². The molecule has 31 heavy (non-hydrogen) atoms. The zero-order valence-electron chi connectivity index (χ0n) is 17.9. The normalized spacial score (nSPS) is 19.8. The molecule has 0 amide bonds. The van der Waals surface area contributed by atoms with E-state index in [0.29, 0.717) is 19.4 Å². The highest BCUT2D eigenvalue weighted by Crippen LogP contribution is 2.36. The van der Waals surface area contributed by atoms with E-state index in [1.54, 1.807) is 0 Å². The molecule has 1 unspecified atom stereocenters. The predicted molar refractivity (Wildman–Crippen MR) is 116 cm³/mol. The maximum absolute atomic E-state index is 13.1. The lowest BCUT2D eigenvalue weighted by atomic mass is 10.0. The summed E-state index contributed by atoms with van der Waals surface area (Å²) in [6.07, 6.45) is 2.51. The van der Waals surface area contributed by atoms with Crippen LogP contribution in [0.15, 0.2) is 41.3 Å². The van der Waals surface area contributed by atoms with Crippen LogP contribution in [-0.2, 0) is 23.0 Å². The van der Waals surface area contributed by atoms with Crippen molar-refractivity contribution >= 4 is 10.0 Å². The molecule has 1 saturated heterocycles. The van der Waals surface area contributed by atoms with Crippen LogP contribution >= 0.6 is 0 Å². The Kier molecular flexibility index (Phi) is 6.50. The number of nitrogens with zero attached hydrogens (tertiary/aromatic N) is 1. The highest BCUT2D eigenvalue weighted by atomic mass is 32.2. The maximum atomic E-state index is 13.1. The van der Waals surface area contributed by atoms with Crippen LogP contribution in [0.3, 0.4) is 0 Å². The lowest BCUT2D eigenvalue weighted by molar-refractivity contribution is 0.196. The average Bonchev–Trinajstić information content (AvgIpc) is 3.09. The Hall–Kier alpha value is -2.16. The van der Waals surface area contributed by atoms with E-state index >= 15 is 0 Å². The lowest BCUT2D eigenvalue weighted by Gasteiger charge is -2.32. The van der Waals surface area contributed by atoms with Crippen LogP contribution in [0.5, 0.6) is 11.5 Å². The monoisotopic (exact) mass is 448 g/mol. The lowest BCUT2D eigenvalue weighted by Crippen LogP contribution is -2.44. The average molecular weight is 449 g/mol. The highest BCUT2D eigenvalue weighted by Gasteiger charge is 2.27. The van der Waals surface area contributed by atoms with Crippen molar-refractivity contribution in [1.29, 1.82) is 0 Å². The molecule has 0 radical (unpaired) electrons. The fraction of sp³-hybridized carbons (Fsp3) is 0.478. The number of ether oxygens (including phenoxy) is 2. The van der Waals surface area contributed by atoms with Crippen molar-refractivity contribution in [1.82, 2.24) is 9.62 Å². The molecule has 0 aromatic heterocycles. The Morgan fingerprint density at radius 2 is 1.90 bits per heavy atom.